The van der Waals surface area contributed by atoms with Crippen LogP contribution in [0.4, 0.5) is 5.82 Å². The SMILES string of the molecule is CC(C)(C(=O)Nc1cc(CN2CCOCC2)c(C2CC2)cn1)C1CC1. The maximum atomic E-state index is 12.7. The first-order chi connectivity index (χ1) is 12.0. The molecule has 1 saturated heterocycles. The number of aromatic nitrogens is 1. The average Bonchev–Trinajstić information content (AvgIpc) is 3.49. The van der Waals surface area contributed by atoms with E-state index in [0.717, 1.165) is 45.7 Å². The number of hydrogen-bond donors (Lipinski definition) is 1. The first-order valence-corrected chi connectivity index (χ1v) is 9.64. The summed E-state index contributed by atoms with van der Waals surface area (Å²) in [7, 11) is 0. The maximum Gasteiger partial charge on any atom is 0.231 e. The van der Waals surface area contributed by atoms with E-state index in [2.05, 4.69) is 21.3 Å². The normalized spacial score (nSPS) is 22.0. The van der Waals surface area contributed by atoms with E-state index in [4.69, 9.17) is 4.74 Å². The summed E-state index contributed by atoms with van der Waals surface area (Å²) in [5.41, 5.74) is 2.38. The first-order valence-electron chi connectivity index (χ1n) is 9.64. The number of carbonyl (C=O) groups excluding carboxylic acids is 1. The van der Waals surface area contributed by atoms with Gasteiger partial charge in [-0.25, -0.2) is 4.98 Å². The van der Waals surface area contributed by atoms with Crippen LogP contribution in [0.5, 0.6) is 0 Å². The molecule has 3 aliphatic rings. The molecule has 1 aromatic heterocycles. The molecule has 2 saturated carbocycles. The van der Waals surface area contributed by atoms with Crippen molar-refractivity contribution in [1.29, 1.82) is 0 Å². The number of nitrogens with zero attached hydrogens (tertiary/aromatic N) is 2. The van der Waals surface area contributed by atoms with Crippen molar-refractivity contribution in [2.24, 2.45) is 11.3 Å². The van der Waals surface area contributed by atoms with E-state index in [1.165, 1.54) is 24.0 Å². The van der Waals surface area contributed by atoms with E-state index in [0.29, 0.717) is 17.7 Å². The Kier molecular flexibility index (Phi) is 4.54. The highest BCUT2D eigenvalue weighted by Crippen LogP contribution is 2.46. The highest BCUT2D eigenvalue weighted by Gasteiger charge is 2.43. The lowest BCUT2D eigenvalue weighted by Crippen LogP contribution is -2.36. The highest BCUT2D eigenvalue weighted by molar-refractivity contribution is 5.94. The smallest absolute Gasteiger partial charge is 0.231 e. The molecule has 1 N–H and O–H groups in total. The van der Waals surface area contributed by atoms with Gasteiger partial charge in [-0.15, -0.1) is 0 Å². The van der Waals surface area contributed by atoms with Gasteiger partial charge in [0.2, 0.25) is 5.91 Å². The Morgan fingerprint density at radius 2 is 2.00 bits per heavy atom. The molecule has 1 aliphatic heterocycles. The van der Waals surface area contributed by atoms with Crippen LogP contribution in [-0.4, -0.2) is 42.1 Å². The number of morpholine rings is 1. The molecule has 0 spiro atoms. The van der Waals surface area contributed by atoms with Gasteiger partial charge in [0.15, 0.2) is 0 Å². The van der Waals surface area contributed by atoms with Crippen LogP contribution in [0.15, 0.2) is 12.3 Å². The second-order valence-corrected chi connectivity index (χ2v) is 8.38. The minimum absolute atomic E-state index is 0.0963. The van der Waals surface area contributed by atoms with Crippen molar-refractivity contribution in [3.63, 3.8) is 0 Å². The van der Waals surface area contributed by atoms with Gasteiger partial charge in [0.05, 0.1) is 13.2 Å². The number of pyridine rings is 1. The van der Waals surface area contributed by atoms with E-state index < -0.39 is 0 Å². The van der Waals surface area contributed by atoms with Crippen LogP contribution in [-0.2, 0) is 16.1 Å². The lowest BCUT2D eigenvalue weighted by molar-refractivity contribution is -0.124. The second kappa shape index (κ2) is 6.69. The number of nitrogens with one attached hydrogen (secondary N) is 1. The number of rotatable bonds is 6. The lowest BCUT2D eigenvalue weighted by atomic mass is 9.86. The number of ether oxygens (including phenoxy) is 1. The molecule has 0 unspecified atom stereocenters. The molecule has 136 valence electrons. The number of anilines is 1. The maximum absolute atomic E-state index is 12.7. The Morgan fingerprint density at radius 3 is 2.64 bits per heavy atom. The Hall–Kier alpha value is -1.46. The predicted molar refractivity (Wildman–Crippen MR) is 97.4 cm³/mol. The molecule has 5 nitrogen and oxygen atoms in total. The summed E-state index contributed by atoms with van der Waals surface area (Å²) in [6.07, 6.45) is 6.84. The second-order valence-electron chi connectivity index (χ2n) is 8.38. The molecule has 2 aliphatic carbocycles. The third-order valence-electron chi connectivity index (χ3n) is 5.96. The quantitative estimate of drug-likeness (QED) is 0.862. The molecule has 0 aromatic carbocycles. The van der Waals surface area contributed by atoms with Crippen molar-refractivity contribution >= 4 is 11.7 Å². The molecule has 0 radical (unpaired) electrons. The summed E-state index contributed by atoms with van der Waals surface area (Å²) >= 11 is 0. The molecule has 1 amide bonds. The molecule has 1 aromatic rings. The first kappa shape index (κ1) is 17.0. The van der Waals surface area contributed by atoms with Crippen molar-refractivity contribution in [2.75, 3.05) is 31.6 Å². The van der Waals surface area contributed by atoms with Crippen LogP contribution >= 0.6 is 0 Å². The fourth-order valence-electron chi connectivity index (χ4n) is 3.74. The Morgan fingerprint density at radius 1 is 1.28 bits per heavy atom. The van der Waals surface area contributed by atoms with Crippen molar-refractivity contribution in [3.05, 3.63) is 23.4 Å². The summed E-state index contributed by atoms with van der Waals surface area (Å²) in [6, 6.07) is 2.10. The molecular formula is C20H29N3O2. The molecule has 25 heavy (non-hydrogen) atoms. The van der Waals surface area contributed by atoms with Gasteiger partial charge in [-0.1, -0.05) is 13.8 Å². The topological polar surface area (TPSA) is 54.5 Å². The zero-order valence-corrected chi connectivity index (χ0v) is 15.4. The fraction of sp³-hybridized carbons (Fsp3) is 0.700. The molecule has 0 atom stereocenters. The van der Waals surface area contributed by atoms with Crippen molar-refractivity contribution < 1.29 is 9.53 Å². The number of carbonyl (C=O) groups is 1. The highest BCUT2D eigenvalue weighted by atomic mass is 16.5. The zero-order chi connectivity index (χ0) is 17.4. The van der Waals surface area contributed by atoms with Crippen LogP contribution < -0.4 is 5.32 Å². The fourth-order valence-corrected chi connectivity index (χ4v) is 3.74. The standard InChI is InChI=1S/C20H29N3O2/c1-20(2,16-5-6-16)19(24)22-18-11-15(13-23-7-9-25-10-8-23)17(12-21-18)14-3-4-14/h11-12,14,16H,3-10,13H2,1-2H3,(H,21,22,24). The van der Waals surface area contributed by atoms with Crippen LogP contribution in [0, 0.1) is 11.3 Å². The van der Waals surface area contributed by atoms with E-state index >= 15 is 0 Å². The monoisotopic (exact) mass is 343 g/mol. The molecule has 4 rings (SSSR count). The van der Waals surface area contributed by atoms with E-state index in [1.54, 1.807) is 0 Å². The zero-order valence-electron chi connectivity index (χ0n) is 15.4. The number of amides is 1. The Bertz CT molecular complexity index is 644. The molecule has 5 heteroatoms. The Balaban J connectivity index is 1.50. The van der Waals surface area contributed by atoms with Crippen molar-refractivity contribution in [3.8, 4) is 0 Å². The van der Waals surface area contributed by atoms with Gasteiger partial charge in [0, 0.05) is 31.2 Å². The van der Waals surface area contributed by atoms with Gasteiger partial charge in [-0.2, -0.15) is 0 Å². The summed E-state index contributed by atoms with van der Waals surface area (Å²) in [5.74, 6) is 1.98. The Labute approximate surface area is 150 Å². The lowest BCUT2D eigenvalue weighted by Gasteiger charge is -2.28. The van der Waals surface area contributed by atoms with Gasteiger partial charge in [0.25, 0.3) is 0 Å². The largest absolute Gasteiger partial charge is 0.379 e. The molecular weight excluding hydrogens is 314 g/mol. The van der Waals surface area contributed by atoms with Crippen molar-refractivity contribution in [1.82, 2.24) is 9.88 Å². The van der Waals surface area contributed by atoms with Gasteiger partial charge in [0.1, 0.15) is 5.82 Å². The van der Waals surface area contributed by atoms with Crippen LogP contribution in [0.3, 0.4) is 0 Å². The summed E-state index contributed by atoms with van der Waals surface area (Å²) in [4.78, 5) is 19.7. The van der Waals surface area contributed by atoms with Gasteiger partial charge in [-0.05, 0) is 54.7 Å². The van der Waals surface area contributed by atoms with Gasteiger partial charge >= 0.3 is 0 Å². The van der Waals surface area contributed by atoms with Crippen LogP contribution in [0.25, 0.3) is 0 Å². The van der Waals surface area contributed by atoms with E-state index in [9.17, 15) is 4.79 Å². The summed E-state index contributed by atoms with van der Waals surface area (Å²) in [6.45, 7) is 8.59. The van der Waals surface area contributed by atoms with E-state index in [-0.39, 0.29) is 11.3 Å². The summed E-state index contributed by atoms with van der Waals surface area (Å²) < 4.78 is 5.46. The van der Waals surface area contributed by atoms with Crippen LogP contribution in [0.2, 0.25) is 0 Å². The molecule has 0 bridgehead atoms. The molecule has 3 fully saturated rings. The van der Waals surface area contributed by atoms with Gasteiger partial charge < -0.3 is 10.1 Å². The van der Waals surface area contributed by atoms with Gasteiger partial charge in [-0.3, -0.25) is 9.69 Å². The third-order valence-corrected chi connectivity index (χ3v) is 5.96. The average molecular weight is 343 g/mol. The summed E-state index contributed by atoms with van der Waals surface area (Å²) in [5, 5.41) is 3.07. The van der Waals surface area contributed by atoms with Crippen molar-refractivity contribution in [2.45, 2.75) is 52.0 Å². The number of hydrogen-bond acceptors (Lipinski definition) is 4. The van der Waals surface area contributed by atoms with Crippen LogP contribution in [0.1, 0.15) is 56.6 Å². The predicted octanol–water partition coefficient (Wildman–Crippen LogP) is 3.17. The third kappa shape index (κ3) is 3.87. The minimum Gasteiger partial charge on any atom is -0.379 e. The van der Waals surface area contributed by atoms with E-state index in [1.807, 2.05) is 20.0 Å². The molecule has 2 heterocycles. The minimum atomic E-state index is -0.304.